The zero-order valence-electron chi connectivity index (χ0n) is 12.2. The minimum atomic E-state index is -3.72. The zero-order chi connectivity index (χ0) is 16.5. The Morgan fingerprint density at radius 2 is 2.09 bits per heavy atom. The van der Waals surface area contributed by atoms with Crippen LogP contribution in [0.1, 0.15) is 20.3 Å². The number of carbonyl (C=O) groups excluding carboxylic acids is 1. The monoisotopic (exact) mass is 327 g/mol. The van der Waals surface area contributed by atoms with E-state index >= 15 is 0 Å². The number of sulfone groups is 1. The SMILES string of the molecule is CC(C)C1Oc2ccc(S(=O)(=O)CCC(=O)O)cc2NC1=O. The second-order valence-corrected chi connectivity index (χ2v) is 7.50. The van der Waals surface area contributed by atoms with Gasteiger partial charge >= 0.3 is 5.97 Å². The van der Waals surface area contributed by atoms with Crippen molar-refractivity contribution in [1.29, 1.82) is 0 Å². The van der Waals surface area contributed by atoms with Crippen molar-refractivity contribution in [2.75, 3.05) is 11.1 Å². The number of aliphatic carboxylic acids is 1. The van der Waals surface area contributed by atoms with Gasteiger partial charge in [-0.2, -0.15) is 0 Å². The van der Waals surface area contributed by atoms with Crippen LogP contribution in [-0.4, -0.2) is 37.3 Å². The average molecular weight is 327 g/mol. The van der Waals surface area contributed by atoms with Gasteiger partial charge in [-0.15, -0.1) is 0 Å². The van der Waals surface area contributed by atoms with Crippen LogP contribution in [0.15, 0.2) is 23.1 Å². The highest BCUT2D eigenvalue weighted by molar-refractivity contribution is 7.91. The van der Waals surface area contributed by atoms with Crippen LogP contribution in [0.25, 0.3) is 0 Å². The molecule has 0 spiro atoms. The number of rotatable bonds is 5. The van der Waals surface area contributed by atoms with Gasteiger partial charge in [-0.3, -0.25) is 9.59 Å². The molecule has 0 bridgehead atoms. The fraction of sp³-hybridized carbons (Fsp3) is 0.429. The molecular formula is C14H17NO6S. The quantitative estimate of drug-likeness (QED) is 0.843. The standard InChI is InChI=1S/C14H17NO6S/c1-8(2)13-14(18)15-10-7-9(3-4-11(10)21-13)22(19,20)6-5-12(16)17/h3-4,7-8,13H,5-6H2,1-2H3,(H,15,18)(H,16,17). The van der Waals surface area contributed by atoms with Crippen molar-refractivity contribution in [3.05, 3.63) is 18.2 Å². The number of nitrogens with one attached hydrogen (secondary N) is 1. The molecule has 0 aliphatic carbocycles. The van der Waals surface area contributed by atoms with E-state index in [4.69, 9.17) is 9.84 Å². The number of carbonyl (C=O) groups is 2. The first kappa shape index (κ1) is 16.3. The van der Waals surface area contributed by atoms with Gasteiger partial charge in [-0.05, 0) is 24.1 Å². The summed E-state index contributed by atoms with van der Waals surface area (Å²) in [6.07, 6.45) is -1.10. The van der Waals surface area contributed by atoms with E-state index in [9.17, 15) is 18.0 Å². The molecule has 1 aliphatic rings. The summed E-state index contributed by atoms with van der Waals surface area (Å²) in [5, 5.41) is 11.2. The molecule has 2 rings (SSSR count). The summed E-state index contributed by atoms with van der Waals surface area (Å²) in [7, 11) is -3.72. The zero-order valence-corrected chi connectivity index (χ0v) is 13.0. The summed E-state index contributed by atoms with van der Waals surface area (Å²) in [4.78, 5) is 22.4. The lowest BCUT2D eigenvalue weighted by Crippen LogP contribution is -2.40. The smallest absolute Gasteiger partial charge is 0.304 e. The molecule has 2 N–H and O–H groups in total. The number of anilines is 1. The second-order valence-electron chi connectivity index (χ2n) is 5.39. The summed E-state index contributed by atoms with van der Waals surface area (Å²) in [6.45, 7) is 3.69. The summed E-state index contributed by atoms with van der Waals surface area (Å²) in [6, 6.07) is 4.11. The maximum absolute atomic E-state index is 12.1. The third kappa shape index (κ3) is 3.38. The fourth-order valence-corrected chi connectivity index (χ4v) is 3.33. The summed E-state index contributed by atoms with van der Waals surface area (Å²) >= 11 is 0. The molecule has 0 saturated carbocycles. The Labute approximate surface area is 128 Å². The molecule has 0 aromatic heterocycles. The molecule has 1 unspecified atom stereocenters. The molecule has 0 radical (unpaired) electrons. The van der Waals surface area contributed by atoms with E-state index in [1.807, 2.05) is 13.8 Å². The Bertz CT molecular complexity index is 710. The van der Waals surface area contributed by atoms with E-state index in [2.05, 4.69) is 5.32 Å². The Kier molecular flexibility index (Phi) is 4.41. The number of hydrogen-bond acceptors (Lipinski definition) is 5. The predicted octanol–water partition coefficient (Wildman–Crippen LogP) is 1.29. The first-order valence-electron chi connectivity index (χ1n) is 6.77. The van der Waals surface area contributed by atoms with Crippen LogP contribution in [0.5, 0.6) is 5.75 Å². The molecule has 1 aromatic carbocycles. The number of hydrogen-bond donors (Lipinski definition) is 2. The highest BCUT2D eigenvalue weighted by Crippen LogP contribution is 2.33. The van der Waals surface area contributed by atoms with Crippen molar-refractivity contribution in [2.45, 2.75) is 31.3 Å². The van der Waals surface area contributed by atoms with Gasteiger partial charge in [-0.1, -0.05) is 13.8 Å². The summed E-state index contributed by atoms with van der Waals surface area (Å²) in [5.41, 5.74) is 0.276. The number of fused-ring (bicyclic) bond motifs is 1. The van der Waals surface area contributed by atoms with Crippen LogP contribution in [0.3, 0.4) is 0 Å². The molecular weight excluding hydrogens is 310 g/mol. The molecule has 1 amide bonds. The van der Waals surface area contributed by atoms with Gasteiger partial charge in [0.2, 0.25) is 0 Å². The van der Waals surface area contributed by atoms with Crippen molar-refractivity contribution in [2.24, 2.45) is 5.92 Å². The molecule has 8 heteroatoms. The van der Waals surface area contributed by atoms with Crippen LogP contribution in [0.4, 0.5) is 5.69 Å². The van der Waals surface area contributed by atoms with Crippen LogP contribution in [0.2, 0.25) is 0 Å². The largest absolute Gasteiger partial charge is 0.481 e. The average Bonchev–Trinajstić information content (AvgIpc) is 2.43. The first-order chi connectivity index (χ1) is 10.2. The summed E-state index contributed by atoms with van der Waals surface area (Å²) in [5.74, 6) is -1.63. The van der Waals surface area contributed by atoms with E-state index in [1.54, 1.807) is 0 Å². The fourth-order valence-electron chi connectivity index (χ4n) is 2.08. The van der Waals surface area contributed by atoms with Gasteiger partial charge in [0.05, 0.1) is 22.8 Å². The van der Waals surface area contributed by atoms with Crippen molar-refractivity contribution in [1.82, 2.24) is 0 Å². The molecule has 1 atom stereocenters. The van der Waals surface area contributed by atoms with E-state index in [0.717, 1.165) is 0 Å². The molecule has 1 heterocycles. The lowest BCUT2D eigenvalue weighted by molar-refractivity contribution is -0.136. The first-order valence-corrected chi connectivity index (χ1v) is 8.42. The topological polar surface area (TPSA) is 110 Å². The van der Waals surface area contributed by atoms with Gasteiger partial charge in [0.1, 0.15) is 5.75 Å². The lowest BCUT2D eigenvalue weighted by atomic mass is 10.0. The molecule has 1 aromatic rings. The van der Waals surface area contributed by atoms with Crippen molar-refractivity contribution in [3.63, 3.8) is 0 Å². The predicted molar refractivity (Wildman–Crippen MR) is 78.6 cm³/mol. The Morgan fingerprint density at radius 1 is 1.41 bits per heavy atom. The third-order valence-corrected chi connectivity index (χ3v) is 4.98. The van der Waals surface area contributed by atoms with E-state index in [0.29, 0.717) is 5.75 Å². The van der Waals surface area contributed by atoms with Gasteiger partial charge in [0, 0.05) is 0 Å². The highest BCUT2D eigenvalue weighted by Gasteiger charge is 2.31. The number of amides is 1. The second kappa shape index (κ2) is 5.96. The van der Waals surface area contributed by atoms with Crippen molar-refractivity contribution >= 4 is 27.4 Å². The van der Waals surface area contributed by atoms with E-state index < -0.39 is 34.1 Å². The van der Waals surface area contributed by atoms with Gasteiger partial charge in [0.15, 0.2) is 15.9 Å². The molecule has 22 heavy (non-hydrogen) atoms. The minimum Gasteiger partial charge on any atom is -0.481 e. The van der Waals surface area contributed by atoms with Crippen molar-refractivity contribution in [3.8, 4) is 5.75 Å². The molecule has 0 saturated heterocycles. The van der Waals surface area contributed by atoms with Gasteiger partial charge in [-0.25, -0.2) is 8.42 Å². The highest BCUT2D eigenvalue weighted by atomic mass is 32.2. The normalized spacial score (nSPS) is 17.6. The maximum Gasteiger partial charge on any atom is 0.304 e. The number of carboxylic acid groups (broad SMARTS) is 1. The third-order valence-electron chi connectivity index (χ3n) is 3.27. The maximum atomic E-state index is 12.1. The lowest BCUT2D eigenvalue weighted by Gasteiger charge is -2.28. The van der Waals surface area contributed by atoms with Gasteiger partial charge < -0.3 is 15.2 Å². The molecule has 1 aliphatic heterocycles. The molecule has 7 nitrogen and oxygen atoms in total. The number of benzene rings is 1. The van der Waals surface area contributed by atoms with Crippen LogP contribution < -0.4 is 10.1 Å². The Balaban J connectivity index is 2.28. The Morgan fingerprint density at radius 3 is 2.68 bits per heavy atom. The van der Waals surface area contributed by atoms with Crippen LogP contribution in [-0.2, 0) is 19.4 Å². The molecule has 120 valence electrons. The number of ether oxygens (including phenoxy) is 1. The minimum absolute atomic E-state index is 0.0212. The van der Waals surface area contributed by atoms with E-state index in [1.165, 1.54) is 18.2 Å². The molecule has 0 fully saturated rings. The van der Waals surface area contributed by atoms with Crippen LogP contribution >= 0.6 is 0 Å². The van der Waals surface area contributed by atoms with Gasteiger partial charge in [0.25, 0.3) is 5.91 Å². The van der Waals surface area contributed by atoms with Crippen LogP contribution in [0, 0.1) is 5.92 Å². The summed E-state index contributed by atoms with van der Waals surface area (Å²) < 4.78 is 29.7. The Hall–Kier alpha value is -2.09. The van der Waals surface area contributed by atoms with Crippen molar-refractivity contribution < 1.29 is 27.9 Å². The van der Waals surface area contributed by atoms with E-state index in [-0.39, 0.29) is 22.4 Å². The number of carboxylic acids is 1.